The van der Waals surface area contributed by atoms with Gasteiger partial charge in [-0.2, -0.15) is 0 Å². The van der Waals surface area contributed by atoms with E-state index in [9.17, 15) is 82.1 Å². The number of nitrogens with one attached hydrogen (secondary N) is 12. The number of amides is 14. The van der Waals surface area contributed by atoms with Gasteiger partial charge in [0.2, 0.25) is 82.7 Å². The molecule has 1 aromatic heterocycles. The Morgan fingerprint density at radius 3 is 1.89 bits per heavy atom. The second-order valence-electron chi connectivity index (χ2n) is 23.3. The molecule has 22 N–H and O–H groups in total. The standard InChI is InChI=1S/C60H82N18O17S4/c1-30-50(85)75-42-26-97-99-27-43(76-51(86)35(62)18-32-12-14-34(79)15-13-32)58(93)77-44(57(92)73-40(20-33-23-65-29-67-33)60(95)78-17-7-11-45(78)59(94)68-30)28-98-96-25-41(49(64)84)74-56(91)39(22-48(82)83)72-54(89)37(19-31-8-3-2-4-9-31)70-55(90)38(21-46(63)80)71-53(88)36(10-5-6-16-61)69-47(81)24-66-52(42)87/h2-4,8-9,12-15,23,29-30,35-45,79H,5-7,10-11,16-22,24-28,61-62H2,1H3,(H2,63,80)(H2,64,84)(H,65,67)(H,66,87)(H,68,94)(H,69,81)(H,70,90)(H,71,88)(H,72,89)(H,73,92)(H,74,91)(H,75,85)(H,76,86)(H,77,93)(H,82,83). The van der Waals surface area contributed by atoms with E-state index < -0.39 is 192 Å². The average Bonchev–Trinajstić information content (AvgIpc) is 1.76. The van der Waals surface area contributed by atoms with Gasteiger partial charge in [0.1, 0.15) is 72.2 Å². The molecule has 12 atom stereocenters. The summed E-state index contributed by atoms with van der Waals surface area (Å²) in [5.41, 5.74) is 24.7. The van der Waals surface area contributed by atoms with Gasteiger partial charge >= 0.3 is 5.97 Å². The number of aromatic hydroxyl groups is 1. The lowest BCUT2D eigenvalue weighted by Crippen LogP contribution is -2.61. The minimum Gasteiger partial charge on any atom is -0.508 e. The predicted molar refractivity (Wildman–Crippen MR) is 363 cm³/mol. The van der Waals surface area contributed by atoms with Gasteiger partial charge in [0.25, 0.3) is 0 Å². The third-order valence-corrected chi connectivity index (χ3v) is 20.4. The van der Waals surface area contributed by atoms with E-state index in [1.807, 2.05) is 0 Å². The molecule has 0 radical (unpaired) electrons. The maximum Gasteiger partial charge on any atom is 0.305 e. The van der Waals surface area contributed by atoms with Gasteiger partial charge in [-0.25, -0.2) is 4.98 Å². The fourth-order valence-corrected chi connectivity index (χ4v) is 14.9. The van der Waals surface area contributed by atoms with Crippen molar-refractivity contribution in [2.75, 3.05) is 42.6 Å². The molecule has 6 rings (SSSR count). The number of imidazole rings is 1. The molecule has 538 valence electrons. The van der Waals surface area contributed by atoms with E-state index in [-0.39, 0.29) is 68.9 Å². The molecule has 2 bridgehead atoms. The van der Waals surface area contributed by atoms with Gasteiger partial charge in [0.05, 0.1) is 31.8 Å². The molecule has 14 amide bonds. The minimum absolute atomic E-state index is 0.00204. The highest BCUT2D eigenvalue weighted by atomic mass is 33.1. The molecular formula is C60H82N18O17S4. The number of aromatic nitrogens is 2. The molecule has 3 aromatic rings. The number of aromatic amines is 1. The fraction of sp³-hybridized carbons (Fsp3) is 0.500. The number of fused-ring (bicyclic) bond motifs is 9. The van der Waals surface area contributed by atoms with Gasteiger partial charge in [0, 0.05) is 54.3 Å². The quantitative estimate of drug-likeness (QED) is 0.0442. The van der Waals surface area contributed by atoms with Crippen molar-refractivity contribution in [3.63, 3.8) is 0 Å². The van der Waals surface area contributed by atoms with Crippen molar-refractivity contribution in [2.24, 2.45) is 22.9 Å². The smallest absolute Gasteiger partial charge is 0.305 e. The van der Waals surface area contributed by atoms with Crippen LogP contribution in [0.2, 0.25) is 0 Å². The van der Waals surface area contributed by atoms with E-state index in [1.165, 1.54) is 48.6 Å². The fourth-order valence-electron chi connectivity index (χ4n) is 10.2. The summed E-state index contributed by atoms with van der Waals surface area (Å²) in [4.78, 5) is 218. The number of nitrogens with zero attached hydrogens (tertiary/aromatic N) is 2. The first kappa shape index (κ1) is 78.8. The van der Waals surface area contributed by atoms with Crippen LogP contribution >= 0.6 is 43.2 Å². The maximum atomic E-state index is 14.9. The number of H-pyrrole nitrogens is 1. The van der Waals surface area contributed by atoms with Gasteiger partial charge < -0.3 is 102 Å². The Balaban J connectivity index is 1.44. The van der Waals surface area contributed by atoms with Crippen LogP contribution in [0.5, 0.6) is 5.75 Å². The van der Waals surface area contributed by atoms with Gasteiger partial charge in [-0.15, -0.1) is 0 Å². The van der Waals surface area contributed by atoms with E-state index in [1.54, 1.807) is 30.3 Å². The third kappa shape index (κ3) is 25.6. The van der Waals surface area contributed by atoms with Crippen LogP contribution in [0.1, 0.15) is 68.7 Å². The van der Waals surface area contributed by atoms with Crippen molar-refractivity contribution < 1.29 is 82.1 Å². The number of hydrogen-bond acceptors (Lipinski definition) is 23. The average molecular weight is 1460 g/mol. The Bertz CT molecular complexity index is 3380. The topological polar surface area (TPSA) is 565 Å². The van der Waals surface area contributed by atoms with E-state index in [0.29, 0.717) is 29.7 Å². The molecule has 99 heavy (non-hydrogen) atoms. The lowest BCUT2D eigenvalue weighted by molar-refractivity contribution is -0.142. The molecule has 3 fully saturated rings. The third-order valence-electron chi connectivity index (χ3n) is 15.6. The summed E-state index contributed by atoms with van der Waals surface area (Å²) in [6.45, 7) is 0.595. The molecular weight excluding hydrogens is 1370 g/mol. The number of primary amides is 2. The van der Waals surface area contributed by atoms with Crippen LogP contribution in [0.4, 0.5) is 0 Å². The predicted octanol–water partition coefficient (Wildman–Crippen LogP) is -5.80. The van der Waals surface area contributed by atoms with Crippen LogP contribution < -0.4 is 81.4 Å². The molecule has 39 heteroatoms. The SMILES string of the molecule is CC1NC(=O)C2CCCN2C(=O)C(Cc2cnc[nH]2)NC(=O)C2CSSCC(C(N)=O)NC(=O)C(CC(=O)O)NC(=O)C(Cc3ccccc3)NC(=O)C(CC(N)=O)NC(=O)C(CCCCN)NC(=O)CNC(=O)C(CSSCC(NC(=O)C(N)Cc3ccc(O)cc3)C(=O)N2)NC1=O. The van der Waals surface area contributed by atoms with Crippen molar-refractivity contribution in [1.82, 2.24) is 73.4 Å². The first-order chi connectivity index (χ1) is 47.2. The number of carboxylic acid groups (broad SMARTS) is 1. The number of benzene rings is 2. The Morgan fingerprint density at radius 2 is 1.24 bits per heavy atom. The highest BCUT2D eigenvalue weighted by molar-refractivity contribution is 8.77. The van der Waals surface area contributed by atoms with Crippen molar-refractivity contribution in [3.05, 3.63) is 83.9 Å². The monoisotopic (exact) mass is 1450 g/mol. The van der Waals surface area contributed by atoms with Crippen LogP contribution in [0.25, 0.3) is 0 Å². The summed E-state index contributed by atoms with van der Waals surface area (Å²) < 4.78 is 0. The number of rotatable bonds is 17. The largest absolute Gasteiger partial charge is 0.508 e. The Morgan fingerprint density at radius 1 is 0.636 bits per heavy atom. The minimum atomic E-state index is -1.99. The van der Waals surface area contributed by atoms with E-state index in [2.05, 4.69) is 68.5 Å². The van der Waals surface area contributed by atoms with Gasteiger partial charge in [0.15, 0.2) is 0 Å². The molecule has 0 aliphatic carbocycles. The number of unbranched alkanes of at least 4 members (excludes halogenated alkanes) is 1. The first-order valence-electron chi connectivity index (χ1n) is 31.3. The molecule has 0 spiro atoms. The number of phenolic OH excluding ortho intramolecular Hbond substituents is 1. The summed E-state index contributed by atoms with van der Waals surface area (Å²) in [5, 5.41) is 47.4. The number of carbonyl (C=O) groups excluding carboxylic acids is 14. The zero-order valence-corrected chi connectivity index (χ0v) is 56.9. The zero-order valence-electron chi connectivity index (χ0n) is 53.7. The summed E-state index contributed by atoms with van der Waals surface area (Å²) in [6.07, 6.45) is 0.808. The molecule has 3 aliphatic heterocycles. The summed E-state index contributed by atoms with van der Waals surface area (Å²) in [7, 11) is 3.43. The lowest BCUT2D eigenvalue weighted by Gasteiger charge is -2.31. The molecule has 3 saturated heterocycles. The van der Waals surface area contributed by atoms with Crippen LogP contribution in [0.3, 0.4) is 0 Å². The highest BCUT2D eigenvalue weighted by Gasteiger charge is 2.41. The van der Waals surface area contributed by atoms with Crippen molar-refractivity contribution in [2.45, 2.75) is 144 Å². The number of hydrogen-bond donors (Lipinski definition) is 18. The molecule has 4 heterocycles. The van der Waals surface area contributed by atoms with Gasteiger partial charge in [-0.3, -0.25) is 71.9 Å². The molecule has 12 unspecified atom stereocenters. The number of carboxylic acids is 1. The van der Waals surface area contributed by atoms with Crippen molar-refractivity contribution in [1.29, 1.82) is 0 Å². The Hall–Kier alpha value is -9.18. The van der Waals surface area contributed by atoms with Crippen molar-refractivity contribution >= 4 is 132 Å². The first-order valence-corrected chi connectivity index (χ1v) is 36.3. The van der Waals surface area contributed by atoms with Crippen LogP contribution in [0, 0.1) is 0 Å². The second-order valence-corrected chi connectivity index (χ2v) is 28.4. The van der Waals surface area contributed by atoms with Gasteiger partial charge in [-0.1, -0.05) is 85.6 Å². The molecule has 0 saturated carbocycles. The van der Waals surface area contributed by atoms with Crippen LogP contribution in [-0.4, -0.2) is 229 Å². The van der Waals surface area contributed by atoms with E-state index in [0.717, 1.165) is 43.2 Å². The van der Waals surface area contributed by atoms with Crippen LogP contribution in [-0.2, 0) is 91.2 Å². The van der Waals surface area contributed by atoms with Crippen molar-refractivity contribution in [3.8, 4) is 5.75 Å². The van der Waals surface area contributed by atoms with Gasteiger partial charge in [-0.05, 0) is 75.3 Å². The van der Waals surface area contributed by atoms with Crippen LogP contribution in [0.15, 0.2) is 67.1 Å². The summed E-state index contributed by atoms with van der Waals surface area (Å²) in [6, 6.07) is -5.12. The maximum absolute atomic E-state index is 14.9. The number of carbonyl (C=O) groups is 15. The number of nitrogens with two attached hydrogens (primary N) is 4. The molecule has 35 nitrogen and oxygen atoms in total. The Kier molecular flexibility index (Phi) is 31.4. The lowest BCUT2D eigenvalue weighted by atomic mass is 10.0. The second kappa shape index (κ2) is 39.4. The summed E-state index contributed by atoms with van der Waals surface area (Å²) in [5.74, 6) is -17.5. The number of aliphatic carboxylic acids is 1. The normalized spacial score (nSPS) is 25.6. The summed E-state index contributed by atoms with van der Waals surface area (Å²) >= 11 is 0. The van der Waals surface area contributed by atoms with E-state index >= 15 is 0 Å². The highest BCUT2D eigenvalue weighted by Crippen LogP contribution is 2.27. The number of phenols is 1. The Labute approximate surface area is 583 Å². The molecule has 2 aromatic carbocycles. The van der Waals surface area contributed by atoms with E-state index in [4.69, 9.17) is 22.9 Å². The molecule has 3 aliphatic rings. The zero-order chi connectivity index (χ0) is 72.3.